The van der Waals surface area contributed by atoms with Crippen LogP contribution >= 0.6 is 0 Å². The zero-order chi connectivity index (χ0) is 15.2. The Morgan fingerprint density at radius 3 is 2.29 bits per heavy atom. The number of rotatable bonds is 5. The molecule has 1 atom stereocenters. The quantitative estimate of drug-likeness (QED) is 0.886. The third-order valence-corrected chi connectivity index (χ3v) is 4.42. The second-order valence-corrected chi connectivity index (χ2v) is 6.34. The van der Waals surface area contributed by atoms with Gasteiger partial charge in [0.1, 0.15) is 5.75 Å². The van der Waals surface area contributed by atoms with E-state index in [1.807, 2.05) is 24.3 Å². The van der Waals surface area contributed by atoms with Crippen LogP contribution in [-0.4, -0.2) is 13.0 Å². The van der Waals surface area contributed by atoms with Gasteiger partial charge in [-0.25, -0.2) is 0 Å². The van der Waals surface area contributed by atoms with Crippen molar-refractivity contribution in [2.24, 2.45) is 11.8 Å². The Bertz CT molecular complexity index is 447. The van der Waals surface area contributed by atoms with Crippen LogP contribution in [0.25, 0.3) is 0 Å². The molecular formula is C18H27NO2. The highest BCUT2D eigenvalue weighted by Gasteiger charge is 2.25. The molecule has 0 aromatic heterocycles. The highest BCUT2D eigenvalue weighted by atomic mass is 16.5. The number of hydrogen-bond acceptors (Lipinski definition) is 2. The third kappa shape index (κ3) is 4.23. The van der Waals surface area contributed by atoms with Crippen LogP contribution in [0, 0.1) is 11.8 Å². The second-order valence-electron chi connectivity index (χ2n) is 6.34. The lowest BCUT2D eigenvalue weighted by molar-refractivity contribution is -0.127. The minimum absolute atomic E-state index is 0.0744. The molecule has 3 nitrogen and oxygen atoms in total. The van der Waals surface area contributed by atoms with E-state index in [4.69, 9.17) is 4.74 Å². The highest BCUT2D eigenvalue weighted by Crippen LogP contribution is 2.27. The molecule has 0 unspecified atom stereocenters. The van der Waals surface area contributed by atoms with E-state index in [9.17, 15) is 4.79 Å². The number of hydrogen-bond donors (Lipinski definition) is 1. The molecule has 0 aliphatic heterocycles. The summed E-state index contributed by atoms with van der Waals surface area (Å²) in [7, 11) is 1.67. The van der Waals surface area contributed by atoms with Gasteiger partial charge in [-0.3, -0.25) is 4.79 Å². The maximum atomic E-state index is 12.5. The van der Waals surface area contributed by atoms with Gasteiger partial charge in [-0.2, -0.15) is 0 Å². The minimum atomic E-state index is 0.0744. The number of carbonyl (C=O) groups is 1. The van der Waals surface area contributed by atoms with Gasteiger partial charge in [0, 0.05) is 5.92 Å². The molecule has 0 spiro atoms. The van der Waals surface area contributed by atoms with Gasteiger partial charge in [-0.15, -0.1) is 0 Å². The number of carbonyl (C=O) groups excluding carboxylic acids is 1. The van der Waals surface area contributed by atoms with Crippen molar-refractivity contribution in [3.05, 3.63) is 29.8 Å². The van der Waals surface area contributed by atoms with Crippen LogP contribution in [0.1, 0.15) is 57.6 Å². The third-order valence-electron chi connectivity index (χ3n) is 4.42. The molecule has 21 heavy (non-hydrogen) atoms. The van der Waals surface area contributed by atoms with E-state index in [0.29, 0.717) is 5.92 Å². The SMILES string of the molecule is COc1ccc([C@H](NC(=O)C2CCCCC2)C(C)C)cc1. The maximum Gasteiger partial charge on any atom is 0.223 e. The molecule has 2 rings (SSSR count). The van der Waals surface area contributed by atoms with Gasteiger partial charge in [0.05, 0.1) is 13.2 Å². The van der Waals surface area contributed by atoms with E-state index in [2.05, 4.69) is 19.2 Å². The Kier molecular flexibility index (Phi) is 5.66. The summed E-state index contributed by atoms with van der Waals surface area (Å²) < 4.78 is 5.20. The molecular weight excluding hydrogens is 262 g/mol. The lowest BCUT2D eigenvalue weighted by atomic mass is 9.87. The molecule has 1 aliphatic carbocycles. The van der Waals surface area contributed by atoms with Crippen LogP contribution in [0.5, 0.6) is 5.75 Å². The smallest absolute Gasteiger partial charge is 0.223 e. The van der Waals surface area contributed by atoms with Crippen molar-refractivity contribution < 1.29 is 9.53 Å². The molecule has 0 heterocycles. The lowest BCUT2D eigenvalue weighted by Gasteiger charge is -2.27. The second kappa shape index (κ2) is 7.48. The van der Waals surface area contributed by atoms with Gasteiger partial charge in [0.25, 0.3) is 0 Å². The predicted octanol–water partition coefficient (Wildman–Crippen LogP) is 4.09. The molecule has 1 fully saturated rings. The summed E-state index contributed by atoms with van der Waals surface area (Å²) in [6, 6.07) is 8.08. The number of benzene rings is 1. The standard InChI is InChI=1S/C18H27NO2/c1-13(2)17(14-9-11-16(21-3)12-10-14)19-18(20)15-7-5-4-6-8-15/h9-13,15,17H,4-8H2,1-3H3,(H,19,20)/t17-/m1/s1. The van der Waals surface area contributed by atoms with E-state index >= 15 is 0 Å². The minimum Gasteiger partial charge on any atom is -0.497 e. The first kappa shape index (κ1) is 15.9. The summed E-state index contributed by atoms with van der Waals surface area (Å²) in [5.74, 6) is 1.65. The van der Waals surface area contributed by atoms with E-state index in [1.54, 1.807) is 7.11 Å². The molecule has 1 aliphatic rings. The summed E-state index contributed by atoms with van der Waals surface area (Å²) in [5.41, 5.74) is 1.15. The first-order chi connectivity index (χ1) is 10.1. The van der Waals surface area contributed by atoms with Crippen molar-refractivity contribution in [1.82, 2.24) is 5.32 Å². The first-order valence-electron chi connectivity index (χ1n) is 8.06. The van der Waals surface area contributed by atoms with Crippen molar-refractivity contribution in [3.8, 4) is 5.75 Å². The average Bonchev–Trinajstić information content (AvgIpc) is 2.53. The van der Waals surface area contributed by atoms with Crippen LogP contribution in [0.2, 0.25) is 0 Å². The summed E-state index contributed by atoms with van der Waals surface area (Å²) in [6.45, 7) is 4.30. The molecule has 116 valence electrons. The normalized spacial score (nSPS) is 17.5. The Morgan fingerprint density at radius 2 is 1.76 bits per heavy atom. The van der Waals surface area contributed by atoms with Crippen LogP contribution in [0.15, 0.2) is 24.3 Å². The zero-order valence-corrected chi connectivity index (χ0v) is 13.4. The van der Waals surface area contributed by atoms with Crippen molar-refractivity contribution in [2.45, 2.75) is 52.0 Å². The fraction of sp³-hybridized carbons (Fsp3) is 0.611. The number of methoxy groups -OCH3 is 1. The van der Waals surface area contributed by atoms with Gasteiger partial charge in [0.2, 0.25) is 5.91 Å². The molecule has 0 saturated heterocycles. The van der Waals surface area contributed by atoms with Crippen molar-refractivity contribution >= 4 is 5.91 Å². The van der Waals surface area contributed by atoms with Gasteiger partial charge in [-0.05, 0) is 36.5 Å². The van der Waals surface area contributed by atoms with Gasteiger partial charge in [0.15, 0.2) is 0 Å². The summed E-state index contributed by atoms with van der Waals surface area (Å²) >= 11 is 0. The Labute approximate surface area is 128 Å². The molecule has 1 saturated carbocycles. The molecule has 1 aromatic rings. The number of amides is 1. The molecule has 1 aromatic carbocycles. The molecule has 0 bridgehead atoms. The lowest BCUT2D eigenvalue weighted by Crippen LogP contribution is -2.37. The van der Waals surface area contributed by atoms with Crippen LogP contribution in [0.3, 0.4) is 0 Å². The summed E-state index contributed by atoms with van der Waals surface area (Å²) in [5, 5.41) is 3.26. The van der Waals surface area contributed by atoms with Crippen LogP contribution in [-0.2, 0) is 4.79 Å². The maximum absolute atomic E-state index is 12.5. The molecule has 1 N–H and O–H groups in total. The number of ether oxygens (including phenoxy) is 1. The Balaban J connectivity index is 2.05. The Morgan fingerprint density at radius 1 is 1.14 bits per heavy atom. The van der Waals surface area contributed by atoms with E-state index in [-0.39, 0.29) is 17.9 Å². The van der Waals surface area contributed by atoms with Gasteiger partial charge >= 0.3 is 0 Å². The van der Waals surface area contributed by atoms with E-state index < -0.39 is 0 Å². The number of nitrogens with one attached hydrogen (secondary N) is 1. The van der Waals surface area contributed by atoms with Crippen molar-refractivity contribution in [3.63, 3.8) is 0 Å². The summed E-state index contributed by atoms with van der Waals surface area (Å²) in [4.78, 5) is 12.5. The molecule has 3 heteroatoms. The Hall–Kier alpha value is -1.51. The van der Waals surface area contributed by atoms with Gasteiger partial charge < -0.3 is 10.1 Å². The van der Waals surface area contributed by atoms with Crippen molar-refractivity contribution in [2.75, 3.05) is 7.11 Å². The van der Waals surface area contributed by atoms with Crippen LogP contribution < -0.4 is 10.1 Å². The van der Waals surface area contributed by atoms with E-state index in [1.165, 1.54) is 19.3 Å². The average molecular weight is 289 g/mol. The topological polar surface area (TPSA) is 38.3 Å². The fourth-order valence-corrected chi connectivity index (χ4v) is 3.08. The van der Waals surface area contributed by atoms with Crippen molar-refractivity contribution in [1.29, 1.82) is 0 Å². The molecule has 0 radical (unpaired) electrons. The monoisotopic (exact) mass is 289 g/mol. The zero-order valence-electron chi connectivity index (χ0n) is 13.4. The summed E-state index contributed by atoms with van der Waals surface area (Å²) in [6.07, 6.45) is 5.73. The largest absolute Gasteiger partial charge is 0.497 e. The fourth-order valence-electron chi connectivity index (χ4n) is 3.08. The highest BCUT2D eigenvalue weighted by molar-refractivity contribution is 5.79. The first-order valence-corrected chi connectivity index (χ1v) is 8.06. The van der Waals surface area contributed by atoms with Gasteiger partial charge in [-0.1, -0.05) is 45.2 Å². The molecule has 1 amide bonds. The van der Waals surface area contributed by atoms with Crippen LogP contribution in [0.4, 0.5) is 0 Å². The van der Waals surface area contributed by atoms with E-state index in [0.717, 1.165) is 24.2 Å². The predicted molar refractivity (Wildman–Crippen MR) is 85.3 cm³/mol.